The van der Waals surface area contributed by atoms with Crippen LogP contribution >= 0.6 is 0 Å². The molecule has 1 aromatic carbocycles. The Kier molecular flexibility index (Phi) is 11.5. The number of benzene rings is 1. The standard InChI is InChI=1S/C18H31N3O3/c1-4-19-18(21-12-14-23-5-2)20-11-6-13-24-15-16-7-9-17(22-3)10-8-16/h7-10H,4-6,11-15H2,1-3H3,(H2,19,20,21). The zero-order valence-electron chi connectivity index (χ0n) is 15.1. The molecule has 0 aliphatic carbocycles. The number of nitrogens with one attached hydrogen (secondary N) is 2. The molecule has 0 aliphatic heterocycles. The van der Waals surface area contributed by atoms with Crippen LogP contribution in [0.5, 0.6) is 5.75 Å². The average Bonchev–Trinajstić information content (AvgIpc) is 2.62. The summed E-state index contributed by atoms with van der Waals surface area (Å²) in [6.45, 7) is 9.10. The Bertz CT molecular complexity index is 449. The number of ether oxygens (including phenoxy) is 3. The van der Waals surface area contributed by atoms with E-state index in [9.17, 15) is 0 Å². The van der Waals surface area contributed by atoms with E-state index in [1.54, 1.807) is 7.11 Å². The van der Waals surface area contributed by atoms with Gasteiger partial charge in [0.25, 0.3) is 0 Å². The molecule has 0 heterocycles. The molecule has 0 radical (unpaired) electrons. The molecule has 0 bridgehead atoms. The lowest BCUT2D eigenvalue weighted by Crippen LogP contribution is -2.39. The molecule has 0 unspecified atom stereocenters. The van der Waals surface area contributed by atoms with Crippen molar-refractivity contribution in [3.8, 4) is 5.75 Å². The maximum absolute atomic E-state index is 5.68. The summed E-state index contributed by atoms with van der Waals surface area (Å²) in [5.41, 5.74) is 1.14. The van der Waals surface area contributed by atoms with Gasteiger partial charge in [0.05, 0.1) is 20.3 Å². The number of hydrogen-bond donors (Lipinski definition) is 2. The molecule has 136 valence electrons. The lowest BCUT2D eigenvalue weighted by atomic mass is 10.2. The van der Waals surface area contributed by atoms with Crippen molar-refractivity contribution in [1.82, 2.24) is 10.6 Å². The van der Waals surface area contributed by atoms with Crippen molar-refractivity contribution in [2.24, 2.45) is 4.99 Å². The summed E-state index contributed by atoms with van der Waals surface area (Å²) in [5.74, 6) is 1.69. The fourth-order valence-corrected chi connectivity index (χ4v) is 2.00. The van der Waals surface area contributed by atoms with Crippen LogP contribution in [0, 0.1) is 0 Å². The van der Waals surface area contributed by atoms with E-state index in [4.69, 9.17) is 14.2 Å². The second-order valence-electron chi connectivity index (χ2n) is 5.14. The molecule has 0 fully saturated rings. The van der Waals surface area contributed by atoms with Crippen LogP contribution in [0.1, 0.15) is 25.8 Å². The van der Waals surface area contributed by atoms with Crippen molar-refractivity contribution in [2.45, 2.75) is 26.9 Å². The van der Waals surface area contributed by atoms with E-state index in [2.05, 4.69) is 22.5 Å². The summed E-state index contributed by atoms with van der Waals surface area (Å²) in [6, 6.07) is 7.92. The SMILES string of the molecule is CCNC(=NCCCOCc1ccc(OC)cc1)NCCOCC. The van der Waals surface area contributed by atoms with Crippen LogP contribution in [-0.2, 0) is 16.1 Å². The van der Waals surface area contributed by atoms with Crippen molar-refractivity contribution in [3.05, 3.63) is 29.8 Å². The molecule has 0 amide bonds. The second-order valence-corrected chi connectivity index (χ2v) is 5.14. The van der Waals surface area contributed by atoms with Crippen molar-refractivity contribution in [1.29, 1.82) is 0 Å². The lowest BCUT2D eigenvalue weighted by molar-refractivity contribution is 0.120. The van der Waals surface area contributed by atoms with Gasteiger partial charge in [-0.1, -0.05) is 12.1 Å². The third-order valence-corrected chi connectivity index (χ3v) is 3.23. The normalized spacial score (nSPS) is 11.4. The van der Waals surface area contributed by atoms with Gasteiger partial charge in [-0.05, 0) is 38.0 Å². The topological polar surface area (TPSA) is 64.1 Å². The smallest absolute Gasteiger partial charge is 0.191 e. The highest BCUT2D eigenvalue weighted by atomic mass is 16.5. The molecule has 0 aromatic heterocycles. The van der Waals surface area contributed by atoms with Gasteiger partial charge in [-0.3, -0.25) is 4.99 Å². The zero-order valence-corrected chi connectivity index (χ0v) is 15.1. The van der Waals surface area contributed by atoms with Crippen LogP contribution < -0.4 is 15.4 Å². The van der Waals surface area contributed by atoms with E-state index < -0.39 is 0 Å². The highest BCUT2D eigenvalue weighted by Crippen LogP contribution is 2.11. The van der Waals surface area contributed by atoms with Gasteiger partial charge in [0.1, 0.15) is 5.75 Å². The fourth-order valence-electron chi connectivity index (χ4n) is 2.00. The molecule has 24 heavy (non-hydrogen) atoms. The van der Waals surface area contributed by atoms with Crippen molar-refractivity contribution < 1.29 is 14.2 Å². The van der Waals surface area contributed by atoms with Gasteiger partial charge in [0.15, 0.2) is 5.96 Å². The predicted octanol–water partition coefficient (Wildman–Crippen LogP) is 2.19. The minimum Gasteiger partial charge on any atom is -0.497 e. The molecule has 0 saturated carbocycles. The number of nitrogens with zero attached hydrogens (tertiary/aromatic N) is 1. The third-order valence-electron chi connectivity index (χ3n) is 3.23. The summed E-state index contributed by atoms with van der Waals surface area (Å²) in [4.78, 5) is 4.52. The average molecular weight is 337 g/mol. The number of hydrogen-bond acceptors (Lipinski definition) is 4. The van der Waals surface area contributed by atoms with Crippen LogP contribution in [0.3, 0.4) is 0 Å². The molecular weight excluding hydrogens is 306 g/mol. The lowest BCUT2D eigenvalue weighted by Gasteiger charge is -2.11. The van der Waals surface area contributed by atoms with Gasteiger partial charge < -0.3 is 24.8 Å². The molecule has 1 aromatic rings. The maximum Gasteiger partial charge on any atom is 0.191 e. The molecule has 6 nitrogen and oxygen atoms in total. The van der Waals surface area contributed by atoms with Crippen LogP contribution in [0.2, 0.25) is 0 Å². The molecule has 1 rings (SSSR count). The largest absolute Gasteiger partial charge is 0.497 e. The number of methoxy groups -OCH3 is 1. The van der Waals surface area contributed by atoms with Crippen LogP contribution in [0.25, 0.3) is 0 Å². The number of guanidine groups is 1. The van der Waals surface area contributed by atoms with Crippen molar-refractivity contribution in [2.75, 3.05) is 46.6 Å². The predicted molar refractivity (Wildman–Crippen MR) is 97.7 cm³/mol. The highest BCUT2D eigenvalue weighted by Gasteiger charge is 1.97. The summed E-state index contributed by atoms with van der Waals surface area (Å²) >= 11 is 0. The second kappa shape index (κ2) is 13.6. The summed E-state index contributed by atoms with van der Waals surface area (Å²) < 4.78 is 16.1. The summed E-state index contributed by atoms with van der Waals surface area (Å²) in [5, 5.41) is 6.46. The van der Waals surface area contributed by atoms with Gasteiger partial charge in [-0.15, -0.1) is 0 Å². The summed E-state index contributed by atoms with van der Waals surface area (Å²) in [6.07, 6.45) is 0.887. The first-order valence-electron chi connectivity index (χ1n) is 8.60. The minimum absolute atomic E-state index is 0.611. The van der Waals surface area contributed by atoms with Crippen LogP contribution in [-0.4, -0.2) is 52.5 Å². The Morgan fingerprint density at radius 1 is 1.04 bits per heavy atom. The van der Waals surface area contributed by atoms with E-state index >= 15 is 0 Å². The molecule has 0 spiro atoms. The quantitative estimate of drug-likeness (QED) is 0.348. The van der Waals surface area contributed by atoms with Gasteiger partial charge in [-0.25, -0.2) is 0 Å². The first-order chi connectivity index (χ1) is 11.8. The molecule has 6 heteroatoms. The Labute approximate surface area is 145 Å². The van der Waals surface area contributed by atoms with Gasteiger partial charge >= 0.3 is 0 Å². The Morgan fingerprint density at radius 2 is 1.83 bits per heavy atom. The van der Waals surface area contributed by atoms with Gasteiger partial charge in [0.2, 0.25) is 0 Å². The van der Waals surface area contributed by atoms with E-state index in [0.29, 0.717) is 19.8 Å². The van der Waals surface area contributed by atoms with E-state index in [1.807, 2.05) is 31.2 Å². The van der Waals surface area contributed by atoms with Crippen molar-refractivity contribution >= 4 is 5.96 Å². The highest BCUT2D eigenvalue weighted by molar-refractivity contribution is 5.79. The molecule has 0 saturated heterocycles. The maximum atomic E-state index is 5.68. The fraction of sp³-hybridized carbons (Fsp3) is 0.611. The number of aliphatic imine (C=N–C) groups is 1. The first-order valence-corrected chi connectivity index (χ1v) is 8.60. The Hall–Kier alpha value is -1.79. The molecular formula is C18H31N3O3. The Morgan fingerprint density at radius 3 is 2.50 bits per heavy atom. The van der Waals surface area contributed by atoms with Gasteiger partial charge in [0, 0.05) is 32.8 Å². The first kappa shape index (κ1) is 20.3. The van der Waals surface area contributed by atoms with E-state index in [1.165, 1.54) is 0 Å². The summed E-state index contributed by atoms with van der Waals surface area (Å²) in [7, 11) is 1.67. The molecule has 2 N–H and O–H groups in total. The van der Waals surface area contributed by atoms with Gasteiger partial charge in [-0.2, -0.15) is 0 Å². The van der Waals surface area contributed by atoms with Crippen molar-refractivity contribution in [3.63, 3.8) is 0 Å². The molecule has 0 atom stereocenters. The Balaban J connectivity index is 2.16. The monoisotopic (exact) mass is 337 g/mol. The minimum atomic E-state index is 0.611. The zero-order chi connectivity index (χ0) is 17.5. The van der Waals surface area contributed by atoms with E-state index in [0.717, 1.165) is 49.9 Å². The third kappa shape index (κ3) is 9.37. The van der Waals surface area contributed by atoms with E-state index in [-0.39, 0.29) is 0 Å². The van der Waals surface area contributed by atoms with Crippen LogP contribution in [0.15, 0.2) is 29.3 Å². The number of rotatable bonds is 12. The van der Waals surface area contributed by atoms with Crippen LogP contribution in [0.4, 0.5) is 0 Å². The molecule has 0 aliphatic rings.